The molecule has 0 aliphatic rings. The van der Waals surface area contributed by atoms with Crippen LogP contribution < -0.4 is 4.74 Å². The molecule has 6 nitrogen and oxygen atoms in total. The van der Waals surface area contributed by atoms with Crippen molar-refractivity contribution in [2.75, 3.05) is 6.61 Å². The van der Waals surface area contributed by atoms with Gasteiger partial charge in [-0.3, -0.25) is 10.1 Å². The highest BCUT2D eigenvalue weighted by atomic mass is 127. The highest BCUT2D eigenvalue weighted by Crippen LogP contribution is 2.39. The van der Waals surface area contributed by atoms with E-state index in [1.807, 2.05) is 0 Å². The van der Waals surface area contributed by atoms with Gasteiger partial charge in [0.25, 0.3) is 9.05 Å². The molecule has 0 aliphatic heterocycles. The first-order valence-electron chi connectivity index (χ1n) is 4.33. The number of ether oxygens (including phenoxy) is 1. The number of hydrogen-bond donors (Lipinski definition) is 0. The summed E-state index contributed by atoms with van der Waals surface area (Å²) in [5.41, 5.74) is -0.394. The van der Waals surface area contributed by atoms with Crippen molar-refractivity contribution in [3.05, 3.63) is 25.8 Å². The van der Waals surface area contributed by atoms with Crippen LogP contribution in [0, 0.1) is 13.7 Å². The third-order valence-electron chi connectivity index (χ3n) is 1.78. The molecule has 0 bridgehead atoms. The summed E-state index contributed by atoms with van der Waals surface area (Å²) >= 11 is 1.73. The normalized spacial score (nSPS) is 11.2. The van der Waals surface area contributed by atoms with E-state index in [0.29, 0.717) is 0 Å². The van der Waals surface area contributed by atoms with E-state index in [4.69, 9.17) is 15.4 Å². The van der Waals surface area contributed by atoms with Gasteiger partial charge in [0.1, 0.15) is 4.90 Å². The average Bonchev–Trinajstić information content (AvgIpc) is 2.15. The van der Waals surface area contributed by atoms with E-state index in [9.17, 15) is 18.5 Å². The minimum Gasteiger partial charge on any atom is -0.486 e. The van der Waals surface area contributed by atoms with E-state index in [0.717, 1.165) is 0 Å². The molecule has 9 heteroatoms. The average molecular weight is 392 g/mol. The molecule has 0 atom stereocenters. The quantitative estimate of drug-likeness (QED) is 0.341. The van der Waals surface area contributed by atoms with Gasteiger partial charge in [-0.2, -0.15) is 0 Å². The van der Waals surface area contributed by atoms with Gasteiger partial charge < -0.3 is 4.74 Å². The Balaban J connectivity index is 3.65. The zero-order valence-electron chi connectivity index (χ0n) is 8.51. The number of nitro benzene ring substituents is 1. The Morgan fingerprint density at radius 1 is 1.53 bits per heavy atom. The summed E-state index contributed by atoms with van der Waals surface area (Å²) in [4.78, 5) is 9.79. The van der Waals surface area contributed by atoms with Gasteiger partial charge >= 0.3 is 5.69 Å². The van der Waals surface area contributed by atoms with E-state index < -0.39 is 24.6 Å². The molecule has 0 fully saturated rings. The first-order chi connectivity index (χ1) is 7.79. The summed E-state index contributed by atoms with van der Waals surface area (Å²) in [6, 6.07) is 2.48. The van der Waals surface area contributed by atoms with Crippen molar-refractivity contribution in [3.8, 4) is 5.75 Å². The van der Waals surface area contributed by atoms with Gasteiger partial charge in [0.2, 0.25) is 5.75 Å². The van der Waals surface area contributed by atoms with Crippen LogP contribution in [0.15, 0.2) is 17.0 Å². The van der Waals surface area contributed by atoms with Crippen LogP contribution in [-0.4, -0.2) is 19.9 Å². The summed E-state index contributed by atoms with van der Waals surface area (Å²) < 4.78 is 27.9. The molecular formula is C8H7ClINO5S. The largest absolute Gasteiger partial charge is 0.486 e. The first-order valence-corrected chi connectivity index (χ1v) is 7.72. The van der Waals surface area contributed by atoms with Crippen molar-refractivity contribution in [1.29, 1.82) is 0 Å². The maximum atomic E-state index is 11.3. The fraction of sp³-hybridized carbons (Fsp3) is 0.250. The van der Waals surface area contributed by atoms with Crippen LogP contribution in [0.4, 0.5) is 5.69 Å². The van der Waals surface area contributed by atoms with E-state index in [1.54, 1.807) is 29.5 Å². The molecule has 0 spiro atoms. The lowest BCUT2D eigenvalue weighted by molar-refractivity contribution is -0.387. The Morgan fingerprint density at radius 3 is 2.53 bits per heavy atom. The second kappa shape index (κ2) is 5.36. The van der Waals surface area contributed by atoms with Crippen LogP contribution >= 0.6 is 33.3 Å². The molecule has 0 aliphatic carbocycles. The van der Waals surface area contributed by atoms with Crippen LogP contribution in [0.25, 0.3) is 0 Å². The summed E-state index contributed by atoms with van der Waals surface area (Å²) in [6.45, 7) is 1.69. The Labute approximate surface area is 116 Å². The zero-order valence-corrected chi connectivity index (χ0v) is 12.2. The fourth-order valence-corrected chi connectivity index (χ4v) is 2.77. The van der Waals surface area contributed by atoms with E-state index in [2.05, 4.69) is 0 Å². The van der Waals surface area contributed by atoms with Crippen molar-refractivity contribution in [1.82, 2.24) is 0 Å². The minimum atomic E-state index is -4.09. The molecule has 1 rings (SSSR count). The standard InChI is InChI=1S/C8H7ClINO5S/c1-2-16-8-6(17(9,14)15)4-3-5(10)7(8)11(12)13/h3-4H,2H2,1H3. The monoisotopic (exact) mass is 391 g/mol. The smallest absolute Gasteiger partial charge is 0.325 e. The predicted octanol–water partition coefficient (Wildman–Crippen LogP) is 2.53. The molecule has 0 unspecified atom stereocenters. The van der Waals surface area contributed by atoms with Gasteiger partial charge in [0, 0.05) is 10.7 Å². The second-order valence-electron chi connectivity index (χ2n) is 2.85. The number of hydrogen-bond acceptors (Lipinski definition) is 5. The third-order valence-corrected chi connectivity index (χ3v) is 4.00. The molecule has 0 N–H and O–H groups in total. The molecule has 1 aromatic carbocycles. The summed E-state index contributed by atoms with van der Waals surface area (Å²) in [5, 5.41) is 10.9. The molecule has 0 saturated heterocycles. The van der Waals surface area contributed by atoms with Crippen LogP contribution in [0.2, 0.25) is 0 Å². The maximum absolute atomic E-state index is 11.3. The lowest BCUT2D eigenvalue weighted by atomic mass is 10.3. The number of nitrogens with zero attached hydrogens (tertiary/aromatic N) is 1. The topological polar surface area (TPSA) is 86.5 Å². The number of halogens is 2. The van der Waals surface area contributed by atoms with Crippen molar-refractivity contribution in [2.45, 2.75) is 11.8 Å². The summed E-state index contributed by atoms with van der Waals surface area (Å²) in [6.07, 6.45) is 0. The van der Waals surface area contributed by atoms with Gasteiger partial charge in [-0.25, -0.2) is 8.42 Å². The highest BCUT2D eigenvalue weighted by molar-refractivity contribution is 14.1. The number of nitro groups is 1. The van der Waals surface area contributed by atoms with E-state index >= 15 is 0 Å². The van der Waals surface area contributed by atoms with Crippen LogP contribution in [0.1, 0.15) is 6.92 Å². The fourth-order valence-electron chi connectivity index (χ4n) is 1.17. The third kappa shape index (κ3) is 3.19. The molecule has 17 heavy (non-hydrogen) atoms. The first kappa shape index (κ1) is 14.5. The molecule has 0 radical (unpaired) electrons. The summed E-state index contributed by atoms with van der Waals surface area (Å²) in [5.74, 6) is -0.320. The molecule has 94 valence electrons. The van der Waals surface area contributed by atoms with Gasteiger partial charge in [-0.05, 0) is 41.6 Å². The lowest BCUT2D eigenvalue weighted by Crippen LogP contribution is -2.04. The molecule has 0 heterocycles. The predicted molar refractivity (Wildman–Crippen MR) is 70.0 cm³/mol. The van der Waals surface area contributed by atoms with Crippen LogP contribution in [-0.2, 0) is 9.05 Å². The minimum absolute atomic E-state index is 0.0976. The Kier molecular flexibility index (Phi) is 4.55. The zero-order chi connectivity index (χ0) is 13.2. The molecule has 0 amide bonds. The van der Waals surface area contributed by atoms with Gasteiger partial charge in [0.05, 0.1) is 15.1 Å². The van der Waals surface area contributed by atoms with Crippen LogP contribution in [0.5, 0.6) is 5.75 Å². The number of rotatable bonds is 4. The molecule has 0 aromatic heterocycles. The van der Waals surface area contributed by atoms with Crippen molar-refractivity contribution < 1.29 is 18.1 Å². The second-order valence-corrected chi connectivity index (χ2v) is 6.55. The SMILES string of the molecule is CCOc1c(S(=O)(=O)Cl)ccc(I)c1[N+](=O)[O-]. The molecule has 0 saturated carbocycles. The van der Waals surface area contributed by atoms with E-state index in [-0.39, 0.29) is 15.9 Å². The number of benzene rings is 1. The molecule has 1 aromatic rings. The Hall–Kier alpha value is -0.610. The highest BCUT2D eigenvalue weighted by Gasteiger charge is 2.28. The van der Waals surface area contributed by atoms with Gasteiger partial charge in [-0.15, -0.1) is 0 Å². The Bertz CT molecular complexity index is 559. The van der Waals surface area contributed by atoms with Gasteiger partial charge in [0.15, 0.2) is 0 Å². The van der Waals surface area contributed by atoms with Crippen molar-refractivity contribution in [3.63, 3.8) is 0 Å². The van der Waals surface area contributed by atoms with Gasteiger partial charge in [-0.1, -0.05) is 0 Å². The lowest BCUT2D eigenvalue weighted by Gasteiger charge is -2.09. The molecular weight excluding hydrogens is 385 g/mol. The maximum Gasteiger partial charge on any atom is 0.325 e. The van der Waals surface area contributed by atoms with Crippen LogP contribution in [0.3, 0.4) is 0 Å². The van der Waals surface area contributed by atoms with Crippen molar-refractivity contribution >= 4 is 48.0 Å². The Morgan fingerprint density at radius 2 is 2.12 bits per heavy atom. The van der Waals surface area contributed by atoms with Crippen molar-refractivity contribution in [2.24, 2.45) is 0 Å². The van der Waals surface area contributed by atoms with E-state index in [1.165, 1.54) is 12.1 Å². The summed E-state index contributed by atoms with van der Waals surface area (Å²) in [7, 11) is 1.11.